The maximum absolute atomic E-state index is 9.44. The van der Waals surface area contributed by atoms with E-state index in [-0.39, 0.29) is 6.10 Å². The van der Waals surface area contributed by atoms with E-state index >= 15 is 0 Å². The molecular formula is C12H15NO. The van der Waals surface area contributed by atoms with Gasteiger partial charge in [0.2, 0.25) is 0 Å². The van der Waals surface area contributed by atoms with Gasteiger partial charge >= 0.3 is 0 Å². The van der Waals surface area contributed by atoms with E-state index in [1.54, 1.807) is 6.92 Å². The SMILES string of the molecule is CCn1ccc2cc(C(C)O)ccc21. The van der Waals surface area contributed by atoms with E-state index < -0.39 is 0 Å². The first-order chi connectivity index (χ1) is 6.72. The molecule has 1 aromatic carbocycles. The van der Waals surface area contributed by atoms with Crippen LogP contribution in [0.4, 0.5) is 0 Å². The molecule has 74 valence electrons. The molecular weight excluding hydrogens is 174 g/mol. The number of aromatic nitrogens is 1. The Balaban J connectivity index is 2.57. The van der Waals surface area contributed by atoms with E-state index in [9.17, 15) is 5.11 Å². The highest BCUT2D eigenvalue weighted by Crippen LogP contribution is 2.21. The lowest BCUT2D eigenvalue weighted by Crippen LogP contribution is -1.93. The summed E-state index contributed by atoms with van der Waals surface area (Å²) < 4.78 is 2.20. The Morgan fingerprint density at radius 3 is 2.79 bits per heavy atom. The Kier molecular flexibility index (Phi) is 2.30. The summed E-state index contributed by atoms with van der Waals surface area (Å²) in [5, 5.41) is 10.6. The number of benzene rings is 1. The van der Waals surface area contributed by atoms with Crippen LogP contribution in [0.15, 0.2) is 30.5 Å². The Morgan fingerprint density at radius 2 is 2.14 bits per heavy atom. The van der Waals surface area contributed by atoms with Gasteiger partial charge in [-0.25, -0.2) is 0 Å². The van der Waals surface area contributed by atoms with E-state index in [0.717, 1.165) is 12.1 Å². The van der Waals surface area contributed by atoms with Crippen molar-refractivity contribution in [2.24, 2.45) is 0 Å². The molecule has 1 N–H and O–H groups in total. The molecule has 0 spiro atoms. The van der Waals surface area contributed by atoms with E-state index in [2.05, 4.69) is 29.8 Å². The Morgan fingerprint density at radius 1 is 1.36 bits per heavy atom. The molecule has 0 aliphatic carbocycles. The van der Waals surface area contributed by atoms with E-state index in [1.165, 1.54) is 10.9 Å². The minimum absolute atomic E-state index is 0.385. The molecule has 14 heavy (non-hydrogen) atoms. The summed E-state index contributed by atoms with van der Waals surface area (Å²) in [6, 6.07) is 8.19. The first-order valence-electron chi connectivity index (χ1n) is 4.99. The van der Waals surface area contributed by atoms with Crippen molar-refractivity contribution in [1.82, 2.24) is 4.57 Å². The maximum Gasteiger partial charge on any atom is 0.0762 e. The van der Waals surface area contributed by atoms with Gasteiger partial charge in [0.1, 0.15) is 0 Å². The van der Waals surface area contributed by atoms with E-state index in [0.29, 0.717) is 0 Å². The zero-order valence-corrected chi connectivity index (χ0v) is 8.57. The van der Waals surface area contributed by atoms with E-state index in [4.69, 9.17) is 0 Å². The number of nitrogens with zero attached hydrogens (tertiary/aromatic N) is 1. The molecule has 1 heterocycles. The van der Waals surface area contributed by atoms with Crippen LogP contribution in [0.3, 0.4) is 0 Å². The summed E-state index contributed by atoms with van der Waals surface area (Å²) in [7, 11) is 0. The lowest BCUT2D eigenvalue weighted by molar-refractivity contribution is 0.199. The number of fused-ring (bicyclic) bond motifs is 1. The molecule has 0 fully saturated rings. The third kappa shape index (κ3) is 1.42. The average molecular weight is 189 g/mol. The van der Waals surface area contributed by atoms with Gasteiger partial charge in [-0.1, -0.05) is 6.07 Å². The molecule has 1 atom stereocenters. The van der Waals surface area contributed by atoms with Crippen LogP contribution < -0.4 is 0 Å². The Bertz CT molecular complexity index is 443. The van der Waals surface area contributed by atoms with Gasteiger partial charge in [0.15, 0.2) is 0 Å². The number of aliphatic hydroxyl groups is 1. The van der Waals surface area contributed by atoms with Gasteiger partial charge in [0.05, 0.1) is 6.10 Å². The van der Waals surface area contributed by atoms with Crippen LogP contribution in [-0.2, 0) is 6.54 Å². The highest BCUT2D eigenvalue weighted by atomic mass is 16.3. The predicted octanol–water partition coefficient (Wildman–Crippen LogP) is 2.71. The van der Waals surface area contributed by atoms with Gasteiger partial charge in [-0.2, -0.15) is 0 Å². The molecule has 0 amide bonds. The van der Waals surface area contributed by atoms with Gasteiger partial charge in [-0.05, 0) is 43.0 Å². The molecule has 0 radical (unpaired) electrons. The number of aryl methyl sites for hydroxylation is 1. The predicted molar refractivity (Wildman–Crippen MR) is 58.2 cm³/mol. The van der Waals surface area contributed by atoms with Crippen LogP contribution in [0.5, 0.6) is 0 Å². The van der Waals surface area contributed by atoms with Crippen molar-refractivity contribution < 1.29 is 5.11 Å². The average Bonchev–Trinajstić information content (AvgIpc) is 2.59. The largest absolute Gasteiger partial charge is 0.389 e. The molecule has 0 saturated heterocycles. The minimum Gasteiger partial charge on any atom is -0.389 e. The minimum atomic E-state index is -0.385. The molecule has 2 heteroatoms. The highest BCUT2D eigenvalue weighted by Gasteiger charge is 2.03. The summed E-state index contributed by atoms with van der Waals surface area (Å²) in [6.07, 6.45) is 1.70. The maximum atomic E-state index is 9.44. The lowest BCUT2D eigenvalue weighted by Gasteiger charge is -2.05. The summed E-state index contributed by atoms with van der Waals surface area (Å²) >= 11 is 0. The second-order valence-electron chi connectivity index (χ2n) is 3.60. The normalized spacial score (nSPS) is 13.4. The van der Waals surface area contributed by atoms with Gasteiger partial charge in [0.25, 0.3) is 0 Å². The van der Waals surface area contributed by atoms with Gasteiger partial charge < -0.3 is 9.67 Å². The lowest BCUT2D eigenvalue weighted by atomic mass is 10.1. The zero-order chi connectivity index (χ0) is 10.1. The van der Waals surface area contributed by atoms with Crippen LogP contribution in [0.1, 0.15) is 25.5 Å². The fourth-order valence-corrected chi connectivity index (χ4v) is 1.75. The van der Waals surface area contributed by atoms with Crippen LogP contribution >= 0.6 is 0 Å². The fraction of sp³-hybridized carbons (Fsp3) is 0.333. The summed E-state index contributed by atoms with van der Waals surface area (Å²) in [6.45, 7) is 4.90. The zero-order valence-electron chi connectivity index (χ0n) is 8.57. The van der Waals surface area contributed by atoms with Gasteiger partial charge in [-0.3, -0.25) is 0 Å². The second-order valence-corrected chi connectivity index (χ2v) is 3.60. The van der Waals surface area contributed by atoms with Crippen LogP contribution in [0, 0.1) is 0 Å². The van der Waals surface area contributed by atoms with Crippen molar-refractivity contribution in [3.8, 4) is 0 Å². The summed E-state index contributed by atoms with van der Waals surface area (Å²) in [5.41, 5.74) is 2.21. The summed E-state index contributed by atoms with van der Waals surface area (Å²) in [5.74, 6) is 0. The topological polar surface area (TPSA) is 25.2 Å². The third-order valence-electron chi connectivity index (χ3n) is 2.62. The molecule has 1 aromatic heterocycles. The smallest absolute Gasteiger partial charge is 0.0762 e. The molecule has 1 unspecified atom stereocenters. The van der Waals surface area contributed by atoms with Crippen molar-refractivity contribution in [3.05, 3.63) is 36.0 Å². The molecule has 2 rings (SSSR count). The second kappa shape index (κ2) is 3.46. The van der Waals surface area contributed by atoms with Crippen LogP contribution in [-0.4, -0.2) is 9.67 Å². The molecule has 0 bridgehead atoms. The third-order valence-corrected chi connectivity index (χ3v) is 2.62. The number of hydrogen-bond donors (Lipinski definition) is 1. The monoisotopic (exact) mass is 189 g/mol. The fourth-order valence-electron chi connectivity index (χ4n) is 1.75. The number of aliphatic hydroxyl groups excluding tert-OH is 1. The Hall–Kier alpha value is -1.28. The van der Waals surface area contributed by atoms with Crippen LogP contribution in [0.2, 0.25) is 0 Å². The van der Waals surface area contributed by atoms with Crippen molar-refractivity contribution in [2.45, 2.75) is 26.5 Å². The molecule has 0 saturated carbocycles. The number of rotatable bonds is 2. The van der Waals surface area contributed by atoms with Crippen molar-refractivity contribution in [1.29, 1.82) is 0 Å². The van der Waals surface area contributed by atoms with Gasteiger partial charge in [0, 0.05) is 18.3 Å². The molecule has 0 aliphatic heterocycles. The van der Waals surface area contributed by atoms with Crippen molar-refractivity contribution in [2.75, 3.05) is 0 Å². The van der Waals surface area contributed by atoms with Crippen molar-refractivity contribution >= 4 is 10.9 Å². The first-order valence-corrected chi connectivity index (χ1v) is 4.99. The standard InChI is InChI=1S/C12H15NO/c1-3-13-7-6-11-8-10(9(2)14)4-5-12(11)13/h4-9,14H,3H2,1-2H3. The van der Waals surface area contributed by atoms with Crippen molar-refractivity contribution in [3.63, 3.8) is 0 Å². The van der Waals surface area contributed by atoms with Gasteiger partial charge in [-0.15, -0.1) is 0 Å². The Labute approximate surface area is 83.8 Å². The quantitative estimate of drug-likeness (QED) is 0.772. The summed E-state index contributed by atoms with van der Waals surface area (Å²) in [4.78, 5) is 0. The molecule has 2 aromatic rings. The number of hydrogen-bond acceptors (Lipinski definition) is 1. The first kappa shape index (κ1) is 9.28. The highest BCUT2D eigenvalue weighted by molar-refractivity contribution is 5.80. The molecule has 0 aliphatic rings. The molecule has 2 nitrogen and oxygen atoms in total. The van der Waals surface area contributed by atoms with E-state index in [1.807, 2.05) is 12.1 Å². The van der Waals surface area contributed by atoms with Crippen LogP contribution in [0.25, 0.3) is 10.9 Å².